The molecule has 36 heavy (non-hydrogen) atoms. The quantitative estimate of drug-likeness (QED) is 0.406. The Morgan fingerprint density at radius 1 is 1.17 bits per heavy atom. The summed E-state index contributed by atoms with van der Waals surface area (Å²) in [6, 6.07) is 3.78. The number of benzene rings is 1. The number of aryl methyl sites for hydroxylation is 1. The van der Waals surface area contributed by atoms with Crippen LogP contribution in [0.4, 0.5) is 18.0 Å². The van der Waals surface area contributed by atoms with E-state index in [1.165, 1.54) is 11.0 Å². The predicted octanol–water partition coefficient (Wildman–Crippen LogP) is 5.59. The summed E-state index contributed by atoms with van der Waals surface area (Å²) in [5.41, 5.74) is -2.31. The molecule has 1 atom stereocenters. The van der Waals surface area contributed by atoms with Gasteiger partial charge in [-0.3, -0.25) is 9.69 Å². The molecule has 2 amide bonds. The van der Waals surface area contributed by atoms with Crippen LogP contribution in [0.2, 0.25) is 0 Å². The first kappa shape index (κ1) is 26.5. The van der Waals surface area contributed by atoms with Crippen LogP contribution in [-0.4, -0.2) is 39.3 Å². The SMILES string of the molecule is CCC(C)(C)CCc1ccc([C@]2(C)NC(=O)N(C34CC(C(=O)O)(C3)C4)C=C2CCO)cc1C(F)(F)F. The van der Waals surface area contributed by atoms with Crippen LogP contribution in [-0.2, 0) is 22.9 Å². The van der Waals surface area contributed by atoms with E-state index in [4.69, 9.17) is 0 Å². The summed E-state index contributed by atoms with van der Waals surface area (Å²) in [6.45, 7) is 7.50. The number of aliphatic hydroxyl groups excluding tert-OH is 1. The van der Waals surface area contributed by atoms with E-state index in [1.54, 1.807) is 19.2 Å². The average molecular weight is 509 g/mol. The Kier molecular flexibility index (Phi) is 6.26. The first-order valence-electron chi connectivity index (χ1n) is 12.5. The third kappa shape index (κ3) is 4.19. The van der Waals surface area contributed by atoms with Crippen molar-refractivity contribution in [3.05, 3.63) is 46.7 Å². The Balaban J connectivity index is 1.68. The van der Waals surface area contributed by atoms with Crippen molar-refractivity contribution in [2.24, 2.45) is 10.8 Å². The normalized spacial score (nSPS) is 29.7. The Bertz CT molecular complexity index is 1090. The highest BCUT2D eigenvalue weighted by molar-refractivity contribution is 5.85. The molecule has 2 bridgehead atoms. The highest BCUT2D eigenvalue weighted by Crippen LogP contribution is 2.70. The van der Waals surface area contributed by atoms with Gasteiger partial charge in [0.1, 0.15) is 0 Å². The lowest BCUT2D eigenvalue weighted by Crippen LogP contribution is -2.78. The minimum atomic E-state index is -4.55. The van der Waals surface area contributed by atoms with Gasteiger partial charge in [-0.2, -0.15) is 13.2 Å². The van der Waals surface area contributed by atoms with Gasteiger partial charge in [0.05, 0.1) is 22.1 Å². The summed E-state index contributed by atoms with van der Waals surface area (Å²) in [5.74, 6) is -0.867. The standard InChI is InChI=1S/C27H35F3N2O4/c1-5-23(2,3)10-8-17-6-7-18(12-20(17)27(28,29)30)24(4)19(9-11-33)13-32(22(36)31-24)26-14-25(15-26,16-26)21(34)35/h6-7,12-13,33H,5,8-11,14-16H2,1-4H3,(H,31,36)(H,34,35)/t24-,25?,26?/m0/s1. The summed E-state index contributed by atoms with van der Waals surface area (Å²) < 4.78 is 42.4. The molecular formula is C27H35F3N2O4. The molecule has 9 heteroatoms. The number of halogens is 3. The lowest BCUT2D eigenvalue weighted by Gasteiger charge is -2.71. The smallest absolute Gasteiger partial charge is 0.416 e. The van der Waals surface area contributed by atoms with E-state index in [1.807, 2.05) is 20.8 Å². The fraction of sp³-hybridized carbons (Fsp3) is 0.630. The zero-order chi connectivity index (χ0) is 26.7. The van der Waals surface area contributed by atoms with E-state index in [0.29, 0.717) is 43.2 Å². The van der Waals surface area contributed by atoms with Gasteiger partial charge in [0.15, 0.2) is 0 Å². The molecule has 0 aromatic heterocycles. The van der Waals surface area contributed by atoms with Gasteiger partial charge in [0.25, 0.3) is 0 Å². The van der Waals surface area contributed by atoms with Crippen molar-refractivity contribution in [1.29, 1.82) is 0 Å². The third-order valence-corrected chi connectivity index (χ3v) is 8.87. The van der Waals surface area contributed by atoms with Crippen molar-refractivity contribution in [2.75, 3.05) is 6.61 Å². The van der Waals surface area contributed by atoms with E-state index >= 15 is 0 Å². The zero-order valence-electron chi connectivity index (χ0n) is 21.3. The molecule has 1 heterocycles. The lowest BCUT2D eigenvalue weighted by atomic mass is 9.38. The van der Waals surface area contributed by atoms with Crippen molar-refractivity contribution in [3.8, 4) is 0 Å². The van der Waals surface area contributed by atoms with E-state index in [2.05, 4.69) is 5.32 Å². The summed E-state index contributed by atoms with van der Waals surface area (Å²) in [5, 5.41) is 22.0. The van der Waals surface area contributed by atoms with Crippen LogP contribution in [0.3, 0.4) is 0 Å². The van der Waals surface area contributed by atoms with Crippen molar-refractivity contribution in [2.45, 2.75) is 89.9 Å². The number of alkyl halides is 3. The maximum absolute atomic E-state index is 14.1. The molecule has 3 saturated carbocycles. The average Bonchev–Trinajstić information content (AvgIpc) is 2.72. The number of carbonyl (C=O) groups is 2. The lowest BCUT2D eigenvalue weighted by molar-refractivity contribution is -0.215. The Labute approximate surface area is 209 Å². The van der Waals surface area contributed by atoms with Crippen LogP contribution in [0.1, 0.15) is 82.9 Å². The van der Waals surface area contributed by atoms with Gasteiger partial charge in [0, 0.05) is 12.8 Å². The van der Waals surface area contributed by atoms with E-state index in [9.17, 15) is 33.0 Å². The molecule has 4 aliphatic rings. The van der Waals surface area contributed by atoms with Gasteiger partial charge in [-0.15, -0.1) is 0 Å². The summed E-state index contributed by atoms with van der Waals surface area (Å²) in [7, 11) is 0. The molecule has 3 N–H and O–H groups in total. The van der Waals surface area contributed by atoms with Crippen molar-refractivity contribution in [3.63, 3.8) is 0 Å². The number of carboxylic acids is 1. The predicted molar refractivity (Wildman–Crippen MR) is 128 cm³/mol. The molecule has 0 spiro atoms. The second-order valence-electron chi connectivity index (χ2n) is 11.8. The molecule has 6 nitrogen and oxygen atoms in total. The van der Waals surface area contributed by atoms with Crippen LogP contribution >= 0.6 is 0 Å². The van der Waals surface area contributed by atoms with Crippen LogP contribution in [0, 0.1) is 10.8 Å². The number of aliphatic carboxylic acids is 1. The number of carbonyl (C=O) groups excluding carboxylic acids is 1. The largest absolute Gasteiger partial charge is 0.481 e. The van der Waals surface area contributed by atoms with E-state index < -0.39 is 40.2 Å². The van der Waals surface area contributed by atoms with Crippen molar-refractivity contribution >= 4 is 12.0 Å². The van der Waals surface area contributed by atoms with Gasteiger partial charge in [0.2, 0.25) is 0 Å². The molecular weight excluding hydrogens is 473 g/mol. The molecule has 1 aromatic carbocycles. The number of carboxylic acid groups (broad SMARTS) is 1. The first-order chi connectivity index (χ1) is 16.6. The number of nitrogens with zero attached hydrogens (tertiary/aromatic N) is 1. The van der Waals surface area contributed by atoms with Gasteiger partial charge < -0.3 is 15.5 Å². The highest BCUT2D eigenvalue weighted by atomic mass is 19.4. The van der Waals surface area contributed by atoms with Gasteiger partial charge in [-0.25, -0.2) is 4.79 Å². The van der Waals surface area contributed by atoms with Crippen LogP contribution < -0.4 is 5.32 Å². The number of urea groups is 1. The monoisotopic (exact) mass is 508 g/mol. The minimum Gasteiger partial charge on any atom is -0.481 e. The number of hydrogen-bond donors (Lipinski definition) is 3. The third-order valence-electron chi connectivity index (χ3n) is 8.87. The number of amides is 2. The van der Waals surface area contributed by atoms with E-state index in [0.717, 1.165) is 12.5 Å². The first-order valence-corrected chi connectivity index (χ1v) is 12.5. The Hall–Kier alpha value is -2.55. The van der Waals surface area contributed by atoms with Gasteiger partial charge in [-0.05, 0) is 73.6 Å². The Morgan fingerprint density at radius 2 is 1.81 bits per heavy atom. The summed E-state index contributed by atoms with van der Waals surface area (Å²) in [6.07, 6.45) is 0.0326. The number of aliphatic hydroxyl groups is 1. The molecule has 1 aromatic rings. The topological polar surface area (TPSA) is 89.9 Å². The van der Waals surface area contributed by atoms with Crippen molar-refractivity contribution < 1.29 is 33.0 Å². The zero-order valence-corrected chi connectivity index (χ0v) is 21.3. The van der Waals surface area contributed by atoms with Gasteiger partial charge >= 0.3 is 18.2 Å². The van der Waals surface area contributed by atoms with Gasteiger partial charge in [-0.1, -0.05) is 39.3 Å². The molecule has 5 rings (SSSR count). The number of hydrogen-bond acceptors (Lipinski definition) is 3. The number of rotatable bonds is 9. The summed E-state index contributed by atoms with van der Waals surface area (Å²) >= 11 is 0. The molecule has 0 radical (unpaired) electrons. The maximum atomic E-state index is 14.1. The van der Waals surface area contributed by atoms with Crippen LogP contribution in [0.15, 0.2) is 30.0 Å². The molecule has 1 aliphatic heterocycles. The summed E-state index contributed by atoms with van der Waals surface area (Å²) in [4.78, 5) is 26.2. The number of nitrogens with one attached hydrogen (secondary N) is 1. The fourth-order valence-electron chi connectivity index (χ4n) is 5.98. The van der Waals surface area contributed by atoms with E-state index in [-0.39, 0.29) is 24.0 Å². The van der Waals surface area contributed by atoms with Crippen LogP contribution in [0.5, 0.6) is 0 Å². The fourth-order valence-corrected chi connectivity index (χ4v) is 5.98. The molecule has 198 valence electrons. The molecule has 0 unspecified atom stereocenters. The maximum Gasteiger partial charge on any atom is 0.416 e. The molecule has 0 saturated heterocycles. The Morgan fingerprint density at radius 3 is 2.33 bits per heavy atom. The molecule has 3 aliphatic carbocycles. The highest BCUT2D eigenvalue weighted by Gasteiger charge is 2.75. The molecule has 3 fully saturated rings. The van der Waals surface area contributed by atoms with Crippen molar-refractivity contribution in [1.82, 2.24) is 10.2 Å². The second kappa shape index (κ2) is 8.50. The minimum absolute atomic E-state index is 0.0773. The van der Waals surface area contributed by atoms with Crippen LogP contribution in [0.25, 0.3) is 0 Å². The second-order valence-corrected chi connectivity index (χ2v) is 11.8.